The first-order valence-corrected chi connectivity index (χ1v) is 5.80. The summed E-state index contributed by atoms with van der Waals surface area (Å²) in [6.07, 6.45) is 1.47. The Balaban J connectivity index is 2.30. The van der Waals surface area contributed by atoms with Crippen LogP contribution in [0.2, 0.25) is 0 Å². The maximum Gasteiger partial charge on any atom is 0.313 e. The molecule has 18 heavy (non-hydrogen) atoms. The Morgan fingerprint density at radius 3 is 3.00 bits per heavy atom. The Bertz CT molecular complexity index is 635. The van der Waals surface area contributed by atoms with Gasteiger partial charge in [0.1, 0.15) is 0 Å². The predicted octanol–water partition coefficient (Wildman–Crippen LogP) is -0.476. The summed E-state index contributed by atoms with van der Waals surface area (Å²) in [6.45, 7) is 0. The molecule has 0 fully saturated rings. The van der Waals surface area contributed by atoms with E-state index in [1.54, 1.807) is 6.07 Å². The van der Waals surface area contributed by atoms with E-state index in [1.165, 1.54) is 12.3 Å². The average Bonchev–Trinajstić information content (AvgIpc) is 2.68. The van der Waals surface area contributed by atoms with Gasteiger partial charge < -0.3 is 15.9 Å². The van der Waals surface area contributed by atoms with E-state index in [2.05, 4.69) is 15.2 Å². The fourth-order valence-corrected chi connectivity index (χ4v) is 1.86. The summed E-state index contributed by atoms with van der Waals surface area (Å²) in [5.74, 6) is 4.90. The number of hydrogen-bond acceptors (Lipinski definition) is 6. The molecule has 8 nitrogen and oxygen atoms in total. The molecule has 0 aliphatic carbocycles. The quantitative estimate of drug-likeness (QED) is 0.504. The van der Waals surface area contributed by atoms with Crippen molar-refractivity contribution in [2.45, 2.75) is 5.16 Å². The number of carbonyl (C=O) groups is 1. The van der Waals surface area contributed by atoms with Crippen LogP contribution in [0.3, 0.4) is 0 Å². The molecular weight excluding hydrogens is 258 g/mol. The first-order chi connectivity index (χ1) is 8.58. The van der Waals surface area contributed by atoms with Crippen molar-refractivity contribution in [3.05, 3.63) is 28.7 Å². The second kappa shape index (κ2) is 4.92. The molecule has 0 spiro atoms. The minimum Gasteiger partial charge on any atom is -0.481 e. The maximum absolute atomic E-state index is 11.2. The SMILES string of the molecule is Nn1c(SCC(=O)O)nnc1-c1cc[nH]c(=O)c1. The van der Waals surface area contributed by atoms with Crippen LogP contribution in [-0.2, 0) is 4.79 Å². The number of hydrogen-bond donors (Lipinski definition) is 3. The lowest BCUT2D eigenvalue weighted by molar-refractivity contribution is -0.133. The number of aromatic amines is 1. The molecule has 0 bridgehead atoms. The number of carboxylic acids is 1. The number of nitrogens with zero attached hydrogens (tertiary/aromatic N) is 3. The summed E-state index contributed by atoms with van der Waals surface area (Å²) in [5, 5.41) is 16.4. The molecule has 0 amide bonds. The van der Waals surface area contributed by atoms with Crippen molar-refractivity contribution in [2.24, 2.45) is 0 Å². The van der Waals surface area contributed by atoms with Gasteiger partial charge in [-0.2, -0.15) is 0 Å². The van der Waals surface area contributed by atoms with E-state index in [0.717, 1.165) is 16.4 Å². The molecule has 0 unspecified atom stereocenters. The lowest BCUT2D eigenvalue weighted by Crippen LogP contribution is -2.13. The Labute approximate surface area is 105 Å². The monoisotopic (exact) mass is 267 g/mol. The lowest BCUT2D eigenvalue weighted by Gasteiger charge is -2.01. The highest BCUT2D eigenvalue weighted by molar-refractivity contribution is 7.99. The summed E-state index contributed by atoms with van der Waals surface area (Å²) in [7, 11) is 0. The van der Waals surface area contributed by atoms with Gasteiger partial charge in [-0.1, -0.05) is 11.8 Å². The van der Waals surface area contributed by atoms with Crippen molar-refractivity contribution in [1.82, 2.24) is 19.9 Å². The number of aromatic nitrogens is 4. The summed E-state index contributed by atoms with van der Waals surface area (Å²) in [6, 6.07) is 2.96. The number of pyridine rings is 1. The minimum absolute atomic E-state index is 0.162. The number of nitrogens with two attached hydrogens (primary N) is 1. The van der Waals surface area contributed by atoms with Crippen LogP contribution in [0.5, 0.6) is 0 Å². The van der Waals surface area contributed by atoms with Crippen molar-refractivity contribution in [3.63, 3.8) is 0 Å². The van der Waals surface area contributed by atoms with Gasteiger partial charge in [-0.25, -0.2) is 4.68 Å². The van der Waals surface area contributed by atoms with Gasteiger partial charge in [0.2, 0.25) is 10.7 Å². The van der Waals surface area contributed by atoms with E-state index < -0.39 is 5.97 Å². The van der Waals surface area contributed by atoms with Crippen LogP contribution in [-0.4, -0.2) is 36.7 Å². The Hall–Kier alpha value is -2.29. The van der Waals surface area contributed by atoms with Crippen molar-refractivity contribution in [2.75, 3.05) is 11.6 Å². The number of thioether (sulfide) groups is 1. The molecule has 2 aromatic heterocycles. The van der Waals surface area contributed by atoms with Crippen LogP contribution in [0.25, 0.3) is 11.4 Å². The van der Waals surface area contributed by atoms with Crippen molar-refractivity contribution >= 4 is 17.7 Å². The zero-order valence-corrected chi connectivity index (χ0v) is 9.85. The fourth-order valence-electron chi connectivity index (χ4n) is 1.28. The molecule has 0 radical (unpaired) electrons. The van der Waals surface area contributed by atoms with Gasteiger partial charge in [0.25, 0.3) is 0 Å². The molecule has 4 N–H and O–H groups in total. The van der Waals surface area contributed by atoms with Gasteiger partial charge in [0.15, 0.2) is 5.82 Å². The van der Waals surface area contributed by atoms with Crippen LogP contribution in [0.4, 0.5) is 0 Å². The Morgan fingerprint density at radius 1 is 1.56 bits per heavy atom. The van der Waals surface area contributed by atoms with Crippen molar-refractivity contribution < 1.29 is 9.90 Å². The molecule has 0 aromatic carbocycles. The second-order valence-corrected chi connectivity index (χ2v) is 4.24. The van der Waals surface area contributed by atoms with Crippen molar-refractivity contribution in [1.29, 1.82) is 0 Å². The summed E-state index contributed by atoms with van der Waals surface area (Å²) in [4.78, 5) is 24.1. The normalized spacial score (nSPS) is 10.4. The molecular formula is C9H9N5O3S. The van der Waals surface area contributed by atoms with Crippen LogP contribution in [0.15, 0.2) is 28.3 Å². The molecule has 94 valence electrons. The van der Waals surface area contributed by atoms with Crippen LogP contribution >= 0.6 is 11.8 Å². The molecule has 2 rings (SSSR count). The van der Waals surface area contributed by atoms with E-state index in [4.69, 9.17) is 10.9 Å². The van der Waals surface area contributed by atoms with E-state index >= 15 is 0 Å². The number of nitrogen functional groups attached to an aromatic ring is 1. The summed E-state index contributed by atoms with van der Waals surface area (Å²) < 4.78 is 1.16. The molecule has 0 aliphatic heterocycles. The third-order valence-corrected chi connectivity index (χ3v) is 2.95. The highest BCUT2D eigenvalue weighted by Gasteiger charge is 2.13. The molecule has 9 heteroatoms. The molecule has 2 aromatic rings. The van der Waals surface area contributed by atoms with Crippen LogP contribution < -0.4 is 11.4 Å². The first-order valence-electron chi connectivity index (χ1n) is 4.82. The lowest BCUT2D eigenvalue weighted by atomic mass is 10.2. The minimum atomic E-state index is -0.972. The molecule has 0 saturated heterocycles. The highest BCUT2D eigenvalue weighted by Crippen LogP contribution is 2.19. The van der Waals surface area contributed by atoms with E-state index in [-0.39, 0.29) is 16.5 Å². The van der Waals surface area contributed by atoms with Gasteiger partial charge in [-0.05, 0) is 6.07 Å². The van der Waals surface area contributed by atoms with Gasteiger partial charge in [0, 0.05) is 17.8 Å². The smallest absolute Gasteiger partial charge is 0.313 e. The molecule has 0 aliphatic rings. The van der Waals surface area contributed by atoms with E-state index in [0.29, 0.717) is 11.4 Å². The highest BCUT2D eigenvalue weighted by atomic mass is 32.2. The van der Waals surface area contributed by atoms with E-state index in [1.807, 2.05) is 0 Å². The maximum atomic E-state index is 11.2. The number of rotatable bonds is 4. The van der Waals surface area contributed by atoms with Gasteiger partial charge in [0.05, 0.1) is 5.75 Å². The topological polar surface area (TPSA) is 127 Å². The average molecular weight is 267 g/mol. The van der Waals surface area contributed by atoms with Gasteiger partial charge >= 0.3 is 5.97 Å². The number of carboxylic acid groups (broad SMARTS) is 1. The second-order valence-electron chi connectivity index (χ2n) is 3.30. The number of nitrogens with one attached hydrogen (secondary N) is 1. The standard InChI is InChI=1S/C9H9N5O3S/c10-14-8(5-1-2-11-6(15)3-5)12-13-9(14)18-4-7(16)17/h1-3H,4,10H2,(H,11,15)(H,16,17). The molecule has 2 heterocycles. The fraction of sp³-hybridized carbons (Fsp3) is 0.111. The third-order valence-electron chi connectivity index (χ3n) is 2.02. The molecule has 0 atom stereocenters. The molecule has 0 saturated carbocycles. The van der Waals surface area contributed by atoms with Gasteiger partial charge in [-0.15, -0.1) is 10.2 Å². The Morgan fingerprint density at radius 2 is 2.33 bits per heavy atom. The van der Waals surface area contributed by atoms with Crippen LogP contribution in [0.1, 0.15) is 0 Å². The summed E-state index contributed by atoms with van der Waals surface area (Å²) in [5.41, 5.74) is 0.228. The Kier molecular flexibility index (Phi) is 3.33. The third kappa shape index (κ3) is 2.51. The number of aliphatic carboxylic acids is 1. The predicted molar refractivity (Wildman–Crippen MR) is 64.6 cm³/mol. The zero-order valence-electron chi connectivity index (χ0n) is 9.03. The van der Waals surface area contributed by atoms with E-state index in [9.17, 15) is 9.59 Å². The number of H-pyrrole nitrogens is 1. The largest absolute Gasteiger partial charge is 0.481 e. The zero-order chi connectivity index (χ0) is 13.1. The summed E-state index contributed by atoms with van der Waals surface area (Å²) >= 11 is 0.954. The van der Waals surface area contributed by atoms with Crippen molar-refractivity contribution in [3.8, 4) is 11.4 Å². The van der Waals surface area contributed by atoms with Gasteiger partial charge in [-0.3, -0.25) is 9.59 Å². The van der Waals surface area contributed by atoms with Crippen LogP contribution in [0, 0.1) is 0 Å². The first kappa shape index (κ1) is 12.2.